The second-order valence-electron chi connectivity index (χ2n) is 5.64. The molecule has 2 heterocycles. The lowest BCUT2D eigenvalue weighted by Gasteiger charge is -2.18. The number of carbonyl (C=O) groups excluding carboxylic acids is 1. The van der Waals surface area contributed by atoms with E-state index in [0.717, 1.165) is 27.8 Å². The van der Waals surface area contributed by atoms with Gasteiger partial charge in [-0.15, -0.1) is 0 Å². The van der Waals surface area contributed by atoms with E-state index in [2.05, 4.69) is 15.4 Å². The zero-order chi connectivity index (χ0) is 16.7. The number of nitrogens with two attached hydrogens (primary N) is 1. The van der Waals surface area contributed by atoms with Gasteiger partial charge in [0.1, 0.15) is 5.69 Å². The molecular formula is C17H17N5O2. The summed E-state index contributed by atoms with van der Waals surface area (Å²) in [6, 6.07) is 5.51. The Bertz CT molecular complexity index is 948. The highest BCUT2D eigenvalue weighted by atomic mass is 16.3. The molecule has 0 bridgehead atoms. The van der Waals surface area contributed by atoms with Crippen LogP contribution in [0.3, 0.4) is 0 Å². The number of aromatic nitrogens is 3. The summed E-state index contributed by atoms with van der Waals surface area (Å²) in [4.78, 5) is 17.2. The van der Waals surface area contributed by atoms with Crippen LogP contribution in [0, 0.1) is 0 Å². The predicted molar refractivity (Wildman–Crippen MR) is 91.0 cm³/mol. The van der Waals surface area contributed by atoms with Crippen molar-refractivity contribution in [1.82, 2.24) is 14.8 Å². The molecular weight excluding hydrogens is 306 g/mol. The van der Waals surface area contributed by atoms with Crippen molar-refractivity contribution in [3.63, 3.8) is 0 Å². The van der Waals surface area contributed by atoms with Gasteiger partial charge in [0.05, 0.1) is 24.2 Å². The topological polar surface area (TPSA) is 106 Å². The number of nitrogens with zero attached hydrogens (tertiary/aromatic N) is 3. The first-order valence-electron chi connectivity index (χ1n) is 7.83. The highest BCUT2D eigenvalue weighted by Gasteiger charge is 2.31. The van der Waals surface area contributed by atoms with Crippen molar-refractivity contribution in [3.8, 4) is 11.3 Å². The molecule has 0 fully saturated rings. The van der Waals surface area contributed by atoms with E-state index in [1.165, 1.54) is 0 Å². The van der Waals surface area contributed by atoms with E-state index >= 15 is 0 Å². The number of benzene rings is 1. The molecule has 24 heavy (non-hydrogen) atoms. The molecule has 122 valence electrons. The quantitative estimate of drug-likeness (QED) is 0.506. The summed E-state index contributed by atoms with van der Waals surface area (Å²) in [5.41, 5.74) is 9.82. The number of nitrogens with one attached hydrogen (secondary N) is 1. The van der Waals surface area contributed by atoms with E-state index in [-0.39, 0.29) is 12.4 Å². The van der Waals surface area contributed by atoms with E-state index in [9.17, 15) is 9.90 Å². The largest absolute Gasteiger partial charge is 0.394 e. The molecule has 1 aliphatic carbocycles. The lowest BCUT2D eigenvalue weighted by Crippen LogP contribution is -2.17. The lowest BCUT2D eigenvalue weighted by molar-refractivity contribution is 0.104. The maximum Gasteiger partial charge on any atom is 0.196 e. The number of aliphatic hydroxyl groups excluding tert-OH is 1. The summed E-state index contributed by atoms with van der Waals surface area (Å²) in [6.07, 6.45) is 3.28. The van der Waals surface area contributed by atoms with E-state index in [4.69, 9.17) is 5.73 Å². The van der Waals surface area contributed by atoms with Crippen molar-refractivity contribution in [2.24, 2.45) is 5.73 Å². The molecule has 2 aromatic heterocycles. The Morgan fingerprint density at radius 3 is 2.92 bits per heavy atom. The average molecular weight is 323 g/mol. The van der Waals surface area contributed by atoms with Gasteiger partial charge in [-0.25, -0.2) is 0 Å². The van der Waals surface area contributed by atoms with Gasteiger partial charge in [0.15, 0.2) is 5.78 Å². The van der Waals surface area contributed by atoms with Gasteiger partial charge in [-0.05, 0) is 18.2 Å². The smallest absolute Gasteiger partial charge is 0.196 e. The fourth-order valence-corrected chi connectivity index (χ4v) is 3.23. The van der Waals surface area contributed by atoms with Gasteiger partial charge >= 0.3 is 0 Å². The van der Waals surface area contributed by atoms with Crippen molar-refractivity contribution >= 4 is 22.4 Å². The summed E-state index contributed by atoms with van der Waals surface area (Å²) in [5.74, 6) is -0.0476. The van der Waals surface area contributed by atoms with Crippen LogP contribution in [0.4, 0.5) is 5.69 Å². The Morgan fingerprint density at radius 1 is 1.25 bits per heavy atom. The predicted octanol–water partition coefficient (Wildman–Crippen LogP) is 1.01. The highest BCUT2D eigenvalue weighted by molar-refractivity contribution is 6.27. The van der Waals surface area contributed by atoms with Gasteiger partial charge in [-0.3, -0.25) is 14.5 Å². The molecule has 0 saturated carbocycles. The van der Waals surface area contributed by atoms with Crippen molar-refractivity contribution < 1.29 is 9.90 Å². The van der Waals surface area contributed by atoms with E-state index in [1.54, 1.807) is 23.1 Å². The number of hydrogen-bond donors (Lipinski definition) is 3. The van der Waals surface area contributed by atoms with Crippen LogP contribution in [-0.2, 0) is 6.54 Å². The number of ketones is 1. The van der Waals surface area contributed by atoms with Gasteiger partial charge in [0.25, 0.3) is 0 Å². The summed E-state index contributed by atoms with van der Waals surface area (Å²) >= 11 is 0. The van der Waals surface area contributed by atoms with Crippen LogP contribution in [0.1, 0.15) is 15.9 Å². The second-order valence-corrected chi connectivity index (χ2v) is 5.64. The highest BCUT2D eigenvalue weighted by Crippen LogP contribution is 2.41. The Morgan fingerprint density at radius 2 is 2.12 bits per heavy atom. The Hall–Kier alpha value is -2.77. The molecule has 0 amide bonds. The first-order valence-corrected chi connectivity index (χ1v) is 7.83. The maximum absolute atomic E-state index is 13.1. The molecule has 0 aliphatic heterocycles. The number of carbonyl (C=O) groups is 1. The molecule has 0 radical (unpaired) electrons. The normalized spacial score (nSPS) is 12.5. The molecule has 0 saturated heterocycles. The number of hydrogen-bond acceptors (Lipinski definition) is 6. The lowest BCUT2D eigenvalue weighted by atomic mass is 9.87. The standard InChI is InChI=1S/C17H17N5O2/c18-4-6-20-12-1-2-13-15-14(12)17(24)10-3-5-19-9-11(10)16(15)21-22(13)7-8-23/h1-3,5,9,20,23H,4,6-8,18H2. The first-order chi connectivity index (χ1) is 11.8. The Balaban J connectivity index is 2.05. The van der Waals surface area contributed by atoms with Gasteiger partial charge < -0.3 is 16.2 Å². The van der Waals surface area contributed by atoms with Gasteiger partial charge in [0, 0.05) is 47.7 Å². The fourth-order valence-electron chi connectivity index (χ4n) is 3.23. The monoisotopic (exact) mass is 323 g/mol. The van der Waals surface area contributed by atoms with Gasteiger partial charge in [-0.1, -0.05) is 0 Å². The third kappa shape index (κ3) is 2.02. The second kappa shape index (κ2) is 5.70. The minimum atomic E-state index is -0.0476. The minimum absolute atomic E-state index is 0.0213. The summed E-state index contributed by atoms with van der Waals surface area (Å²) in [5, 5.41) is 17.9. The van der Waals surface area contributed by atoms with Crippen LogP contribution in [0.5, 0.6) is 0 Å². The van der Waals surface area contributed by atoms with Crippen LogP contribution in [0.15, 0.2) is 30.6 Å². The van der Waals surface area contributed by atoms with Crippen molar-refractivity contribution in [2.75, 3.05) is 25.0 Å². The summed E-state index contributed by atoms with van der Waals surface area (Å²) in [6.45, 7) is 1.40. The van der Waals surface area contributed by atoms with Crippen LogP contribution in [0.25, 0.3) is 22.2 Å². The van der Waals surface area contributed by atoms with Crippen molar-refractivity contribution in [2.45, 2.75) is 6.54 Å². The molecule has 4 rings (SSSR count). The molecule has 1 aromatic carbocycles. The van der Waals surface area contributed by atoms with E-state index in [0.29, 0.717) is 30.8 Å². The molecule has 0 unspecified atom stereocenters. The Labute approximate surface area is 138 Å². The average Bonchev–Trinajstić information content (AvgIpc) is 2.97. The Kier molecular flexibility index (Phi) is 3.51. The van der Waals surface area contributed by atoms with Crippen molar-refractivity contribution in [3.05, 3.63) is 41.7 Å². The SMILES string of the molecule is NCCNc1ccc2c3c(nn2CCO)-c2cnccc2C(=O)c13. The van der Waals surface area contributed by atoms with Gasteiger partial charge in [-0.2, -0.15) is 5.10 Å². The van der Waals surface area contributed by atoms with E-state index < -0.39 is 0 Å². The van der Waals surface area contributed by atoms with Crippen LogP contribution in [-0.4, -0.2) is 45.4 Å². The number of aliphatic hydroxyl groups is 1. The zero-order valence-electron chi connectivity index (χ0n) is 13.0. The molecule has 0 spiro atoms. The molecule has 1 aliphatic rings. The number of pyridine rings is 1. The number of rotatable bonds is 5. The van der Waals surface area contributed by atoms with Crippen LogP contribution in [0.2, 0.25) is 0 Å². The van der Waals surface area contributed by atoms with Crippen molar-refractivity contribution in [1.29, 1.82) is 0 Å². The van der Waals surface area contributed by atoms with Crippen LogP contribution >= 0.6 is 0 Å². The number of fused-ring (bicyclic) bond motifs is 2. The molecule has 7 heteroatoms. The molecule has 4 N–H and O–H groups in total. The zero-order valence-corrected chi connectivity index (χ0v) is 13.0. The van der Waals surface area contributed by atoms with E-state index in [1.807, 2.05) is 12.1 Å². The van der Waals surface area contributed by atoms with Gasteiger partial charge in [0.2, 0.25) is 0 Å². The molecule has 3 aromatic rings. The first kappa shape index (κ1) is 14.8. The molecule has 7 nitrogen and oxygen atoms in total. The summed E-state index contributed by atoms with van der Waals surface area (Å²) < 4.78 is 1.73. The molecule has 0 atom stereocenters. The van der Waals surface area contributed by atoms with Crippen LogP contribution < -0.4 is 11.1 Å². The maximum atomic E-state index is 13.1. The number of anilines is 1. The fraction of sp³-hybridized carbons (Fsp3) is 0.235. The minimum Gasteiger partial charge on any atom is -0.394 e. The summed E-state index contributed by atoms with van der Waals surface area (Å²) in [7, 11) is 0. The third-order valence-corrected chi connectivity index (χ3v) is 4.24. The third-order valence-electron chi connectivity index (χ3n) is 4.24.